The summed E-state index contributed by atoms with van der Waals surface area (Å²) in [5.74, 6) is 5.71. The lowest BCUT2D eigenvalue weighted by Crippen LogP contribution is -2.33. The molecule has 0 saturated heterocycles. The maximum absolute atomic E-state index is 12.6. The molecule has 0 aliphatic carbocycles. The fourth-order valence-corrected chi connectivity index (χ4v) is 2.17. The summed E-state index contributed by atoms with van der Waals surface area (Å²) in [4.78, 5) is 0. The second kappa shape index (κ2) is 6.20. The summed E-state index contributed by atoms with van der Waals surface area (Å²) in [6.45, 7) is 4.01. The van der Waals surface area contributed by atoms with Crippen molar-refractivity contribution in [1.82, 2.24) is 5.43 Å². The maximum atomic E-state index is 12.6. The van der Waals surface area contributed by atoms with E-state index in [0.29, 0.717) is 5.56 Å². The van der Waals surface area contributed by atoms with Crippen molar-refractivity contribution in [2.24, 2.45) is 11.8 Å². The Morgan fingerprint density at radius 3 is 2.28 bits per heavy atom. The molecule has 1 atom stereocenters. The van der Waals surface area contributed by atoms with E-state index in [-0.39, 0.29) is 12.0 Å². The van der Waals surface area contributed by atoms with Crippen LogP contribution in [0.2, 0.25) is 0 Å². The van der Waals surface area contributed by atoms with Gasteiger partial charge in [-0.2, -0.15) is 13.2 Å². The molecule has 0 spiro atoms. The Balaban J connectivity index is 3.07. The third-order valence-electron chi connectivity index (χ3n) is 3.27. The van der Waals surface area contributed by atoms with Crippen molar-refractivity contribution in [3.05, 3.63) is 35.4 Å². The summed E-state index contributed by atoms with van der Waals surface area (Å²) in [7, 11) is 0. The first-order valence-electron chi connectivity index (χ1n) is 6.07. The number of hydrogen-bond donors (Lipinski definition) is 2. The van der Waals surface area contributed by atoms with Gasteiger partial charge in [0, 0.05) is 6.04 Å². The van der Waals surface area contributed by atoms with E-state index < -0.39 is 11.7 Å². The number of hydrazine groups is 1. The molecule has 2 nitrogen and oxygen atoms in total. The molecule has 3 N–H and O–H groups in total. The van der Waals surface area contributed by atoms with Gasteiger partial charge in [-0.25, -0.2) is 0 Å². The van der Waals surface area contributed by atoms with Crippen molar-refractivity contribution in [1.29, 1.82) is 0 Å². The van der Waals surface area contributed by atoms with E-state index >= 15 is 0 Å². The highest BCUT2D eigenvalue weighted by atomic mass is 19.4. The van der Waals surface area contributed by atoms with E-state index in [1.807, 2.05) is 13.8 Å². The van der Waals surface area contributed by atoms with E-state index in [0.717, 1.165) is 18.9 Å². The first-order chi connectivity index (χ1) is 8.43. The average molecular weight is 260 g/mol. The molecule has 0 aromatic heterocycles. The van der Waals surface area contributed by atoms with Gasteiger partial charge in [0.2, 0.25) is 0 Å². The van der Waals surface area contributed by atoms with E-state index in [9.17, 15) is 13.2 Å². The Kier molecular flexibility index (Phi) is 5.16. The number of halogens is 3. The highest BCUT2D eigenvalue weighted by Gasteiger charge is 2.31. The number of alkyl halides is 3. The largest absolute Gasteiger partial charge is 0.416 e. The van der Waals surface area contributed by atoms with Crippen molar-refractivity contribution in [3.8, 4) is 0 Å². The molecule has 1 aromatic rings. The molecule has 102 valence electrons. The van der Waals surface area contributed by atoms with Crippen LogP contribution in [0.4, 0.5) is 13.2 Å². The molecule has 1 aromatic carbocycles. The highest BCUT2D eigenvalue weighted by molar-refractivity contribution is 5.28. The van der Waals surface area contributed by atoms with Crippen molar-refractivity contribution in [3.63, 3.8) is 0 Å². The molecule has 0 aliphatic rings. The second-order valence-electron chi connectivity index (χ2n) is 4.34. The monoisotopic (exact) mass is 260 g/mol. The van der Waals surface area contributed by atoms with Crippen molar-refractivity contribution in [2.45, 2.75) is 38.9 Å². The lowest BCUT2D eigenvalue weighted by atomic mass is 9.88. The summed E-state index contributed by atoms with van der Waals surface area (Å²) in [5.41, 5.74) is 2.58. The topological polar surface area (TPSA) is 38.0 Å². The first-order valence-corrected chi connectivity index (χ1v) is 6.07. The maximum Gasteiger partial charge on any atom is 0.416 e. The predicted octanol–water partition coefficient (Wildman–Crippen LogP) is 3.65. The van der Waals surface area contributed by atoms with Crippen LogP contribution in [-0.4, -0.2) is 0 Å². The van der Waals surface area contributed by atoms with Crippen LogP contribution in [0.5, 0.6) is 0 Å². The average Bonchev–Trinajstić information content (AvgIpc) is 2.35. The molecule has 0 radical (unpaired) electrons. The van der Waals surface area contributed by atoms with Gasteiger partial charge in [0.25, 0.3) is 0 Å². The van der Waals surface area contributed by atoms with Crippen LogP contribution in [0.25, 0.3) is 0 Å². The molecule has 0 heterocycles. The van der Waals surface area contributed by atoms with Crippen LogP contribution >= 0.6 is 0 Å². The third-order valence-corrected chi connectivity index (χ3v) is 3.27. The SMILES string of the molecule is CCC(CC)C(NN)c1cccc(C(F)(F)F)c1. The number of benzene rings is 1. The molecule has 5 heteroatoms. The normalized spacial score (nSPS) is 13.9. The van der Waals surface area contributed by atoms with Gasteiger partial charge < -0.3 is 0 Å². The Hall–Kier alpha value is -1.07. The molecule has 0 amide bonds. The summed E-state index contributed by atoms with van der Waals surface area (Å²) in [6.07, 6.45) is -2.59. The predicted molar refractivity (Wildman–Crippen MR) is 65.6 cm³/mol. The molecular weight excluding hydrogens is 241 g/mol. The minimum atomic E-state index is -4.32. The fraction of sp³-hybridized carbons (Fsp3) is 0.538. The van der Waals surface area contributed by atoms with Gasteiger partial charge in [-0.15, -0.1) is 0 Å². The quantitative estimate of drug-likeness (QED) is 0.626. The van der Waals surface area contributed by atoms with Crippen LogP contribution in [0.15, 0.2) is 24.3 Å². The number of nitrogens with two attached hydrogens (primary N) is 1. The first kappa shape index (κ1) is 15.0. The van der Waals surface area contributed by atoms with Crippen LogP contribution in [0, 0.1) is 5.92 Å². The van der Waals surface area contributed by atoms with Gasteiger partial charge in [-0.1, -0.05) is 38.8 Å². The molecule has 18 heavy (non-hydrogen) atoms. The van der Waals surface area contributed by atoms with Crippen molar-refractivity contribution in [2.75, 3.05) is 0 Å². The van der Waals surface area contributed by atoms with Gasteiger partial charge >= 0.3 is 6.18 Å². The standard InChI is InChI=1S/C13H19F3N2/c1-3-9(4-2)12(18-17)10-6-5-7-11(8-10)13(14,15)16/h5-9,12,18H,3-4,17H2,1-2H3. The zero-order chi connectivity index (χ0) is 13.8. The van der Waals surface area contributed by atoms with E-state index in [4.69, 9.17) is 5.84 Å². The fourth-order valence-electron chi connectivity index (χ4n) is 2.17. The Morgan fingerprint density at radius 2 is 1.83 bits per heavy atom. The zero-order valence-corrected chi connectivity index (χ0v) is 10.6. The lowest BCUT2D eigenvalue weighted by Gasteiger charge is -2.25. The van der Waals surface area contributed by atoms with E-state index in [1.54, 1.807) is 6.07 Å². The molecule has 0 saturated carbocycles. The summed E-state index contributed by atoms with van der Waals surface area (Å²) in [6, 6.07) is 5.10. The van der Waals surface area contributed by atoms with Crippen LogP contribution in [0.3, 0.4) is 0 Å². The molecule has 0 fully saturated rings. The molecular formula is C13H19F3N2. The zero-order valence-electron chi connectivity index (χ0n) is 10.6. The minimum Gasteiger partial charge on any atom is -0.271 e. The van der Waals surface area contributed by atoms with Crippen LogP contribution in [-0.2, 0) is 6.18 Å². The smallest absolute Gasteiger partial charge is 0.271 e. The third kappa shape index (κ3) is 3.46. The summed E-state index contributed by atoms with van der Waals surface area (Å²) < 4.78 is 37.9. The van der Waals surface area contributed by atoms with Gasteiger partial charge in [-0.3, -0.25) is 11.3 Å². The van der Waals surface area contributed by atoms with Crippen LogP contribution < -0.4 is 11.3 Å². The Morgan fingerprint density at radius 1 is 1.22 bits per heavy atom. The van der Waals surface area contributed by atoms with Crippen molar-refractivity contribution < 1.29 is 13.2 Å². The number of nitrogens with one attached hydrogen (secondary N) is 1. The Labute approximate surface area is 105 Å². The molecule has 0 aliphatic heterocycles. The van der Waals surface area contributed by atoms with Gasteiger partial charge in [0.05, 0.1) is 5.56 Å². The molecule has 0 bridgehead atoms. The second-order valence-corrected chi connectivity index (χ2v) is 4.34. The lowest BCUT2D eigenvalue weighted by molar-refractivity contribution is -0.137. The molecule has 1 unspecified atom stereocenters. The van der Waals surface area contributed by atoms with Crippen molar-refractivity contribution >= 4 is 0 Å². The Bertz CT molecular complexity index is 373. The van der Waals surface area contributed by atoms with E-state index in [1.165, 1.54) is 12.1 Å². The van der Waals surface area contributed by atoms with Gasteiger partial charge in [-0.05, 0) is 23.6 Å². The number of rotatable bonds is 5. The highest BCUT2D eigenvalue weighted by Crippen LogP contribution is 2.33. The minimum absolute atomic E-state index is 0.221. The van der Waals surface area contributed by atoms with Gasteiger partial charge in [0.1, 0.15) is 0 Å². The van der Waals surface area contributed by atoms with Crippen LogP contribution in [0.1, 0.15) is 43.9 Å². The summed E-state index contributed by atoms with van der Waals surface area (Å²) in [5, 5.41) is 0. The molecule has 1 rings (SSSR count). The summed E-state index contributed by atoms with van der Waals surface area (Å²) >= 11 is 0. The van der Waals surface area contributed by atoms with E-state index in [2.05, 4.69) is 5.43 Å². The van der Waals surface area contributed by atoms with Gasteiger partial charge in [0.15, 0.2) is 0 Å². The number of hydrogen-bond acceptors (Lipinski definition) is 2.